The predicted octanol–water partition coefficient (Wildman–Crippen LogP) is 4.70. The van der Waals surface area contributed by atoms with E-state index >= 15 is 0 Å². The van der Waals surface area contributed by atoms with Crippen LogP contribution in [0.15, 0.2) is 60.3 Å². The molecular weight excluding hydrogens is 396 g/mol. The lowest BCUT2D eigenvalue weighted by atomic mass is 10.1. The average molecular weight is 423 g/mol. The zero-order chi connectivity index (χ0) is 21.5. The van der Waals surface area contributed by atoms with Crippen LogP contribution in [-0.4, -0.2) is 26.4 Å². The van der Waals surface area contributed by atoms with Crippen LogP contribution in [0.25, 0.3) is 0 Å². The number of anilines is 1. The second-order valence-corrected chi connectivity index (χ2v) is 8.06. The van der Waals surface area contributed by atoms with Crippen LogP contribution in [-0.2, 0) is 17.9 Å². The van der Waals surface area contributed by atoms with Gasteiger partial charge < -0.3 is 10.1 Å². The van der Waals surface area contributed by atoms with Gasteiger partial charge in [0.2, 0.25) is 5.91 Å². The average Bonchev–Trinajstić information content (AvgIpc) is 3.06. The van der Waals surface area contributed by atoms with Crippen molar-refractivity contribution in [3.63, 3.8) is 0 Å². The molecule has 1 amide bonds. The molecule has 0 radical (unpaired) electrons. The van der Waals surface area contributed by atoms with Crippen molar-refractivity contribution in [2.24, 2.45) is 0 Å². The minimum absolute atomic E-state index is 0.0873. The first-order valence-corrected chi connectivity index (χ1v) is 10.7. The van der Waals surface area contributed by atoms with Gasteiger partial charge in [0.25, 0.3) is 0 Å². The Balaban J connectivity index is 1.62. The van der Waals surface area contributed by atoms with E-state index in [-0.39, 0.29) is 11.7 Å². The summed E-state index contributed by atoms with van der Waals surface area (Å²) in [4.78, 5) is 12.4. The zero-order valence-electron chi connectivity index (χ0n) is 17.5. The van der Waals surface area contributed by atoms with Gasteiger partial charge in [-0.15, -0.1) is 16.8 Å². The fourth-order valence-corrected chi connectivity index (χ4v) is 3.84. The van der Waals surface area contributed by atoms with E-state index in [0.29, 0.717) is 24.1 Å². The fraction of sp³-hybridized carbons (Fsp3) is 0.261. The summed E-state index contributed by atoms with van der Waals surface area (Å²) in [6.07, 6.45) is 1.78. The van der Waals surface area contributed by atoms with Crippen molar-refractivity contribution >= 4 is 23.4 Å². The van der Waals surface area contributed by atoms with E-state index in [2.05, 4.69) is 28.2 Å². The molecule has 0 aliphatic rings. The summed E-state index contributed by atoms with van der Waals surface area (Å²) in [5.74, 6) is 1.62. The number of carbonyl (C=O) groups is 1. The van der Waals surface area contributed by atoms with Crippen LogP contribution in [0.5, 0.6) is 5.75 Å². The number of rotatable bonds is 9. The van der Waals surface area contributed by atoms with Gasteiger partial charge in [0.15, 0.2) is 11.0 Å². The Morgan fingerprint density at radius 1 is 1.13 bits per heavy atom. The van der Waals surface area contributed by atoms with Crippen molar-refractivity contribution in [1.82, 2.24) is 14.8 Å². The van der Waals surface area contributed by atoms with Crippen LogP contribution in [0.1, 0.15) is 22.5 Å². The van der Waals surface area contributed by atoms with Crippen LogP contribution < -0.4 is 10.1 Å². The van der Waals surface area contributed by atoms with Crippen LogP contribution in [0.2, 0.25) is 0 Å². The lowest BCUT2D eigenvalue weighted by molar-refractivity contribution is -0.113. The summed E-state index contributed by atoms with van der Waals surface area (Å²) < 4.78 is 7.77. The van der Waals surface area contributed by atoms with E-state index < -0.39 is 0 Å². The van der Waals surface area contributed by atoms with Crippen molar-refractivity contribution in [1.29, 1.82) is 0 Å². The number of thioether (sulfide) groups is 1. The quantitative estimate of drug-likeness (QED) is 0.400. The van der Waals surface area contributed by atoms with Gasteiger partial charge in [-0.3, -0.25) is 9.36 Å². The number of amides is 1. The number of allylic oxidation sites excluding steroid dienone is 1. The van der Waals surface area contributed by atoms with Crippen LogP contribution >= 0.6 is 11.8 Å². The van der Waals surface area contributed by atoms with E-state index in [4.69, 9.17) is 4.74 Å². The van der Waals surface area contributed by atoms with Gasteiger partial charge in [-0.2, -0.15) is 0 Å². The number of hydrogen-bond donors (Lipinski definition) is 1. The second-order valence-electron chi connectivity index (χ2n) is 7.12. The highest BCUT2D eigenvalue weighted by molar-refractivity contribution is 7.99. The maximum atomic E-state index is 12.4. The van der Waals surface area contributed by atoms with Crippen LogP contribution in [0, 0.1) is 20.8 Å². The first-order valence-electron chi connectivity index (χ1n) is 9.68. The molecule has 0 fully saturated rings. The Bertz CT molecular complexity index is 1030. The van der Waals surface area contributed by atoms with Gasteiger partial charge in [0, 0.05) is 12.2 Å². The summed E-state index contributed by atoms with van der Waals surface area (Å²) >= 11 is 1.34. The van der Waals surface area contributed by atoms with Crippen molar-refractivity contribution in [3.05, 3.63) is 77.6 Å². The molecule has 0 saturated carbocycles. The topological polar surface area (TPSA) is 69.0 Å². The van der Waals surface area contributed by atoms with E-state index in [1.165, 1.54) is 11.8 Å². The smallest absolute Gasteiger partial charge is 0.234 e. The molecule has 1 aromatic heterocycles. The summed E-state index contributed by atoms with van der Waals surface area (Å²) in [6.45, 7) is 10.7. The van der Waals surface area contributed by atoms with Crippen LogP contribution in [0.3, 0.4) is 0 Å². The lowest BCUT2D eigenvalue weighted by Gasteiger charge is -2.10. The minimum Gasteiger partial charge on any atom is -0.486 e. The predicted molar refractivity (Wildman–Crippen MR) is 121 cm³/mol. The summed E-state index contributed by atoms with van der Waals surface area (Å²) in [7, 11) is 0. The number of aryl methyl sites for hydroxylation is 3. The largest absolute Gasteiger partial charge is 0.486 e. The molecule has 30 heavy (non-hydrogen) atoms. The van der Waals surface area contributed by atoms with Gasteiger partial charge in [0.1, 0.15) is 12.4 Å². The number of aromatic nitrogens is 3. The molecule has 0 bridgehead atoms. The molecule has 3 rings (SSSR count). The Hall–Kier alpha value is -3.06. The highest BCUT2D eigenvalue weighted by Crippen LogP contribution is 2.20. The first kappa shape index (κ1) is 21.6. The van der Waals surface area contributed by atoms with Gasteiger partial charge in [-0.1, -0.05) is 36.0 Å². The Labute approximate surface area is 181 Å². The zero-order valence-corrected chi connectivity index (χ0v) is 18.3. The highest BCUT2D eigenvalue weighted by atomic mass is 32.2. The third kappa shape index (κ3) is 5.97. The van der Waals surface area contributed by atoms with Gasteiger partial charge in [-0.25, -0.2) is 0 Å². The number of ether oxygens (including phenoxy) is 1. The highest BCUT2D eigenvalue weighted by Gasteiger charge is 2.14. The maximum Gasteiger partial charge on any atom is 0.234 e. The molecule has 2 aromatic carbocycles. The fourth-order valence-electron chi connectivity index (χ4n) is 3.07. The molecule has 1 N–H and O–H groups in total. The molecule has 156 valence electrons. The molecule has 1 heterocycles. The molecule has 0 saturated heterocycles. The first-order chi connectivity index (χ1) is 14.4. The molecule has 7 heteroatoms. The molecule has 0 aliphatic heterocycles. The summed E-state index contributed by atoms with van der Waals surface area (Å²) in [5.41, 5.74) is 4.16. The molecule has 0 aliphatic carbocycles. The SMILES string of the molecule is C=CCn1c(COc2cccc(C)c2)nnc1SCC(=O)Nc1cc(C)cc(C)c1. The van der Waals surface area contributed by atoms with Crippen LogP contribution in [0.4, 0.5) is 5.69 Å². The van der Waals surface area contributed by atoms with Gasteiger partial charge in [-0.05, 0) is 61.7 Å². The van der Waals surface area contributed by atoms with E-state index in [1.54, 1.807) is 6.08 Å². The van der Waals surface area contributed by atoms with E-state index in [1.807, 2.05) is 61.7 Å². The number of hydrogen-bond acceptors (Lipinski definition) is 5. The second kappa shape index (κ2) is 10.1. The summed E-state index contributed by atoms with van der Waals surface area (Å²) in [6, 6.07) is 13.8. The molecule has 6 nitrogen and oxygen atoms in total. The molecule has 0 spiro atoms. The van der Waals surface area contributed by atoms with Crippen molar-refractivity contribution in [2.45, 2.75) is 39.1 Å². The molecule has 0 atom stereocenters. The Kier molecular flexibility index (Phi) is 7.30. The van der Waals surface area contributed by atoms with Crippen molar-refractivity contribution in [2.75, 3.05) is 11.1 Å². The minimum atomic E-state index is -0.0873. The summed E-state index contributed by atoms with van der Waals surface area (Å²) in [5, 5.41) is 12.1. The van der Waals surface area contributed by atoms with Gasteiger partial charge >= 0.3 is 0 Å². The number of nitrogens with one attached hydrogen (secondary N) is 1. The molecular formula is C23H26N4O2S. The Morgan fingerprint density at radius 3 is 2.60 bits per heavy atom. The third-order valence-electron chi connectivity index (χ3n) is 4.30. The Morgan fingerprint density at radius 2 is 1.90 bits per heavy atom. The molecule has 3 aromatic rings. The standard InChI is InChI=1S/C23H26N4O2S/c1-5-9-27-21(14-29-20-8-6-7-16(2)13-20)25-26-23(27)30-15-22(28)24-19-11-17(3)10-18(4)12-19/h5-8,10-13H,1,9,14-15H2,2-4H3,(H,24,28). The monoisotopic (exact) mass is 422 g/mol. The number of carbonyl (C=O) groups excluding carboxylic acids is 1. The van der Waals surface area contributed by atoms with E-state index in [9.17, 15) is 4.79 Å². The normalized spacial score (nSPS) is 10.6. The number of benzene rings is 2. The number of nitrogens with zero attached hydrogens (tertiary/aromatic N) is 3. The van der Waals surface area contributed by atoms with E-state index in [0.717, 1.165) is 28.1 Å². The lowest BCUT2D eigenvalue weighted by Crippen LogP contribution is -2.15. The van der Waals surface area contributed by atoms with Gasteiger partial charge in [0.05, 0.1) is 5.75 Å². The van der Waals surface area contributed by atoms with Crippen molar-refractivity contribution in [3.8, 4) is 5.75 Å². The maximum absolute atomic E-state index is 12.4. The van der Waals surface area contributed by atoms with Crippen molar-refractivity contribution < 1.29 is 9.53 Å². The third-order valence-corrected chi connectivity index (χ3v) is 5.27. The molecule has 0 unspecified atom stereocenters.